The number of rotatable bonds is 8. The molecule has 0 aliphatic heterocycles. The van der Waals surface area contributed by atoms with Crippen molar-refractivity contribution >= 4 is 41.5 Å². The highest BCUT2D eigenvalue weighted by Gasteiger charge is 2.43. The molecule has 0 saturated heterocycles. The van der Waals surface area contributed by atoms with Crippen LogP contribution in [0.2, 0.25) is 0 Å². The van der Waals surface area contributed by atoms with Gasteiger partial charge in [0.15, 0.2) is 5.11 Å². The number of hydrogen-bond acceptors (Lipinski definition) is 2. The summed E-state index contributed by atoms with van der Waals surface area (Å²) in [6.07, 6.45) is -3.95. The van der Waals surface area contributed by atoms with Gasteiger partial charge in [-0.05, 0) is 99.0 Å². The van der Waals surface area contributed by atoms with Gasteiger partial charge in [0.05, 0.1) is 11.1 Å². The van der Waals surface area contributed by atoms with Crippen LogP contribution in [-0.4, -0.2) is 28.9 Å². The highest BCUT2D eigenvalue weighted by atomic mass is 32.1. The van der Waals surface area contributed by atoms with Crippen LogP contribution in [0.3, 0.4) is 0 Å². The molecule has 2 unspecified atom stereocenters. The second-order valence-electron chi connectivity index (χ2n) is 12.6. The van der Waals surface area contributed by atoms with Crippen LogP contribution in [0.25, 0.3) is 0 Å². The Morgan fingerprint density at radius 3 is 1.80 bits per heavy atom. The molecule has 2 aliphatic rings. The fourth-order valence-corrected chi connectivity index (χ4v) is 10.9. The molecule has 2 saturated carbocycles. The number of halogens is 6. The predicted molar refractivity (Wildman–Crippen MR) is 179 cm³/mol. The SMILES string of the molecule is CC1CC[C@@H]([C@@H](C)N[C@H]2CCCC[C@@H]2NC(=S)Nc2cc(C(F)(F)F)cc(C(F)(F)F)c2)C1P(c1ccccc1)c1ccccc1. The van der Waals surface area contributed by atoms with Gasteiger partial charge in [-0.2, -0.15) is 26.3 Å². The fourth-order valence-electron chi connectivity index (χ4n) is 7.21. The van der Waals surface area contributed by atoms with Crippen LogP contribution in [0, 0.1) is 11.8 Å². The van der Waals surface area contributed by atoms with Gasteiger partial charge in [-0.15, -0.1) is 0 Å². The molecule has 46 heavy (non-hydrogen) atoms. The number of anilines is 1. The highest BCUT2D eigenvalue weighted by Crippen LogP contribution is 2.53. The number of hydrogen-bond donors (Lipinski definition) is 3. The smallest absolute Gasteiger partial charge is 0.358 e. The van der Waals surface area contributed by atoms with E-state index in [4.69, 9.17) is 12.2 Å². The first-order valence-corrected chi connectivity index (χ1v) is 17.7. The van der Waals surface area contributed by atoms with Gasteiger partial charge in [0, 0.05) is 23.8 Å². The summed E-state index contributed by atoms with van der Waals surface area (Å²) >= 11 is 5.43. The quantitative estimate of drug-likeness (QED) is 0.126. The molecule has 0 heterocycles. The lowest BCUT2D eigenvalue weighted by Gasteiger charge is -2.40. The van der Waals surface area contributed by atoms with E-state index in [1.54, 1.807) is 0 Å². The Balaban J connectivity index is 1.31. The molecule has 6 atom stereocenters. The van der Waals surface area contributed by atoms with E-state index in [0.717, 1.165) is 38.5 Å². The molecule has 3 aromatic rings. The predicted octanol–water partition coefficient (Wildman–Crippen LogP) is 8.85. The normalized spacial score (nSPS) is 24.5. The molecule has 0 amide bonds. The number of thiocarbonyl (C=S) groups is 1. The average Bonchev–Trinajstić information content (AvgIpc) is 3.39. The van der Waals surface area contributed by atoms with Crippen LogP contribution < -0.4 is 26.6 Å². The van der Waals surface area contributed by atoms with Gasteiger partial charge in [-0.3, -0.25) is 0 Å². The molecule has 0 bridgehead atoms. The van der Waals surface area contributed by atoms with Crippen LogP contribution in [-0.2, 0) is 12.4 Å². The Bertz CT molecular complexity index is 1380. The van der Waals surface area contributed by atoms with Gasteiger partial charge in [0.1, 0.15) is 0 Å². The van der Waals surface area contributed by atoms with E-state index in [9.17, 15) is 26.3 Å². The van der Waals surface area contributed by atoms with Gasteiger partial charge in [-0.25, -0.2) is 0 Å². The molecule has 11 heteroatoms. The van der Waals surface area contributed by atoms with E-state index in [1.165, 1.54) is 10.6 Å². The first-order valence-electron chi connectivity index (χ1n) is 15.8. The van der Waals surface area contributed by atoms with Gasteiger partial charge in [-0.1, -0.05) is 80.4 Å². The maximum absolute atomic E-state index is 13.4. The second-order valence-corrected chi connectivity index (χ2v) is 15.4. The Morgan fingerprint density at radius 2 is 1.28 bits per heavy atom. The van der Waals surface area contributed by atoms with E-state index in [-0.39, 0.29) is 35.0 Å². The zero-order chi connectivity index (χ0) is 33.1. The molecule has 2 aliphatic carbocycles. The van der Waals surface area contributed by atoms with Crippen molar-refractivity contribution in [2.75, 3.05) is 5.32 Å². The summed E-state index contributed by atoms with van der Waals surface area (Å²) in [5.41, 5.74) is -2.65. The minimum atomic E-state index is -4.93. The molecule has 2 fully saturated rings. The van der Waals surface area contributed by atoms with E-state index < -0.39 is 31.4 Å². The average molecular weight is 680 g/mol. The van der Waals surface area contributed by atoms with Crippen molar-refractivity contribution in [2.45, 2.75) is 88.5 Å². The topological polar surface area (TPSA) is 36.1 Å². The molecule has 3 N–H and O–H groups in total. The van der Waals surface area contributed by atoms with Gasteiger partial charge < -0.3 is 16.0 Å². The minimum Gasteiger partial charge on any atom is -0.358 e. The van der Waals surface area contributed by atoms with Crippen molar-refractivity contribution in [3.8, 4) is 0 Å². The molecule has 0 spiro atoms. The molecule has 5 rings (SSSR count). The Kier molecular flexibility index (Phi) is 11.0. The van der Waals surface area contributed by atoms with Crippen LogP contribution in [0.1, 0.15) is 63.5 Å². The van der Waals surface area contributed by atoms with Crippen molar-refractivity contribution in [2.24, 2.45) is 11.8 Å². The third-order valence-electron chi connectivity index (χ3n) is 9.39. The summed E-state index contributed by atoms with van der Waals surface area (Å²) in [6, 6.07) is 23.1. The summed E-state index contributed by atoms with van der Waals surface area (Å²) in [4.78, 5) is 0. The molecule has 0 aromatic heterocycles. The number of nitrogens with one attached hydrogen (secondary N) is 3. The molecular formula is C35H40F6N3PS. The van der Waals surface area contributed by atoms with E-state index in [2.05, 4.69) is 90.5 Å². The molecule has 248 valence electrons. The third kappa shape index (κ3) is 8.42. The lowest BCUT2D eigenvalue weighted by molar-refractivity contribution is -0.143. The zero-order valence-electron chi connectivity index (χ0n) is 25.8. The third-order valence-corrected chi connectivity index (χ3v) is 12.8. The maximum atomic E-state index is 13.4. The number of alkyl halides is 6. The summed E-state index contributed by atoms with van der Waals surface area (Å²) in [7, 11) is -0.609. The van der Waals surface area contributed by atoms with E-state index in [0.29, 0.717) is 29.6 Å². The van der Waals surface area contributed by atoms with Gasteiger partial charge >= 0.3 is 12.4 Å². The summed E-state index contributed by atoms with van der Waals surface area (Å²) in [6.45, 7) is 4.62. The molecule has 3 nitrogen and oxygen atoms in total. The van der Waals surface area contributed by atoms with Gasteiger partial charge in [0.2, 0.25) is 0 Å². The van der Waals surface area contributed by atoms with Crippen LogP contribution in [0.4, 0.5) is 32.0 Å². The van der Waals surface area contributed by atoms with Crippen LogP contribution in [0.15, 0.2) is 78.9 Å². The lowest BCUT2D eigenvalue weighted by atomic mass is 9.88. The zero-order valence-corrected chi connectivity index (χ0v) is 27.5. The van der Waals surface area contributed by atoms with Crippen molar-refractivity contribution in [3.05, 3.63) is 90.0 Å². The maximum Gasteiger partial charge on any atom is 0.416 e. The molecule has 0 radical (unpaired) electrons. The fraction of sp³-hybridized carbons (Fsp3) is 0.457. The van der Waals surface area contributed by atoms with Crippen molar-refractivity contribution in [1.29, 1.82) is 0 Å². The Hall–Kier alpha value is -2.68. The molecular weight excluding hydrogens is 639 g/mol. The van der Waals surface area contributed by atoms with Crippen LogP contribution in [0.5, 0.6) is 0 Å². The Labute approximate surface area is 273 Å². The van der Waals surface area contributed by atoms with Gasteiger partial charge in [0.25, 0.3) is 0 Å². The first kappa shape index (κ1) is 34.6. The Morgan fingerprint density at radius 1 is 0.761 bits per heavy atom. The number of benzene rings is 3. The highest BCUT2D eigenvalue weighted by molar-refractivity contribution is 7.80. The van der Waals surface area contributed by atoms with Crippen molar-refractivity contribution in [3.63, 3.8) is 0 Å². The van der Waals surface area contributed by atoms with E-state index in [1.807, 2.05) is 0 Å². The van der Waals surface area contributed by atoms with Crippen LogP contribution >= 0.6 is 20.1 Å². The minimum absolute atomic E-state index is 0.00263. The summed E-state index contributed by atoms with van der Waals surface area (Å²) in [5.74, 6) is 0.979. The summed E-state index contributed by atoms with van der Waals surface area (Å²) < 4.78 is 80.3. The standard InChI is InChI=1S/C35H40F6N3PS/c1-22-17-18-29(32(22)45(27-11-5-3-6-12-27)28-13-7-4-8-14-28)23(2)42-30-15-9-10-16-31(30)44-33(46)43-26-20-24(34(36,37)38)19-25(21-26)35(39,40)41/h3-8,11-14,19-23,29-32,42H,9-10,15-18H2,1-2H3,(H2,43,44,46)/t22?,23-,29+,30+,31+,32?/m1/s1. The molecule has 3 aromatic carbocycles. The second kappa shape index (κ2) is 14.6. The first-order chi connectivity index (χ1) is 21.8. The lowest BCUT2D eigenvalue weighted by Crippen LogP contribution is -2.56. The van der Waals surface area contributed by atoms with E-state index >= 15 is 0 Å². The van der Waals surface area contributed by atoms with Crippen molar-refractivity contribution in [1.82, 2.24) is 10.6 Å². The monoisotopic (exact) mass is 679 g/mol. The largest absolute Gasteiger partial charge is 0.416 e. The van der Waals surface area contributed by atoms with Crippen molar-refractivity contribution < 1.29 is 26.3 Å². The summed E-state index contributed by atoms with van der Waals surface area (Å²) in [5, 5.41) is 12.5.